The molecular formula is C6H9N3O4. The number of hydrogen-bond acceptors (Lipinski definition) is 4. The van der Waals surface area contributed by atoms with Gasteiger partial charge in [-0.05, 0) is 0 Å². The first kappa shape index (κ1) is 9.49. The van der Waals surface area contributed by atoms with E-state index in [1.165, 1.54) is 6.20 Å². The van der Waals surface area contributed by atoms with Crippen LogP contribution in [0.3, 0.4) is 0 Å². The molecule has 1 aromatic rings. The zero-order chi connectivity index (χ0) is 10.0. The third kappa shape index (κ3) is 1.95. The zero-order valence-electron chi connectivity index (χ0n) is 6.52. The van der Waals surface area contributed by atoms with Crippen LogP contribution in [-0.4, -0.2) is 32.2 Å². The van der Waals surface area contributed by atoms with Gasteiger partial charge in [0.25, 0.3) is 0 Å². The number of aliphatic carboxylic acids is 1. The topological polar surface area (TPSA) is 132 Å². The second-order valence-corrected chi connectivity index (χ2v) is 2.51. The Balaban J connectivity index is 2.84. The van der Waals surface area contributed by atoms with Crippen molar-refractivity contribution in [3.63, 3.8) is 0 Å². The summed E-state index contributed by atoms with van der Waals surface area (Å²) in [4.78, 5) is 25.3. The summed E-state index contributed by atoms with van der Waals surface area (Å²) in [6.45, 7) is 0. The molecule has 7 heteroatoms. The van der Waals surface area contributed by atoms with Crippen molar-refractivity contribution in [3.8, 4) is 0 Å². The van der Waals surface area contributed by atoms with E-state index < -0.39 is 23.8 Å². The first-order valence-corrected chi connectivity index (χ1v) is 3.46. The van der Waals surface area contributed by atoms with Crippen molar-refractivity contribution in [3.05, 3.63) is 22.4 Å². The summed E-state index contributed by atoms with van der Waals surface area (Å²) in [7, 11) is 0. The van der Waals surface area contributed by atoms with Crippen molar-refractivity contribution < 1.29 is 15.0 Å². The van der Waals surface area contributed by atoms with Crippen LogP contribution in [0.25, 0.3) is 0 Å². The highest BCUT2D eigenvalue weighted by atomic mass is 16.4. The molecule has 0 spiro atoms. The Kier molecular flexibility index (Phi) is 2.49. The molecule has 0 fully saturated rings. The van der Waals surface area contributed by atoms with E-state index >= 15 is 0 Å². The van der Waals surface area contributed by atoms with Gasteiger partial charge in [0.2, 0.25) is 0 Å². The molecule has 0 radical (unpaired) electrons. The minimum atomic E-state index is -1.45. The number of carbonyl (C=O) groups is 1. The molecule has 0 bridgehead atoms. The second kappa shape index (κ2) is 3.42. The lowest BCUT2D eigenvalue weighted by Crippen LogP contribution is -2.36. The molecular weight excluding hydrogens is 178 g/mol. The Morgan fingerprint density at radius 2 is 2.23 bits per heavy atom. The molecule has 1 unspecified atom stereocenters. The summed E-state index contributed by atoms with van der Waals surface area (Å²) in [5, 5.41) is 17.7. The van der Waals surface area contributed by atoms with Gasteiger partial charge in [-0.15, -0.1) is 0 Å². The Bertz CT molecular complexity index is 355. The second-order valence-electron chi connectivity index (χ2n) is 2.51. The third-order valence-electron chi connectivity index (χ3n) is 1.56. The molecule has 13 heavy (non-hydrogen) atoms. The predicted octanol–water partition coefficient (Wildman–Crippen LogP) is -1.85. The summed E-state index contributed by atoms with van der Waals surface area (Å²) in [5.74, 6) is -1.34. The molecule has 0 saturated heterocycles. The van der Waals surface area contributed by atoms with Gasteiger partial charge in [-0.1, -0.05) is 0 Å². The molecule has 2 atom stereocenters. The number of rotatable bonds is 3. The Morgan fingerprint density at radius 1 is 1.62 bits per heavy atom. The smallest absolute Gasteiger partial charge is 0.323 e. The van der Waals surface area contributed by atoms with Crippen LogP contribution in [0.2, 0.25) is 0 Å². The quantitative estimate of drug-likeness (QED) is 0.379. The molecule has 7 nitrogen and oxygen atoms in total. The van der Waals surface area contributed by atoms with Crippen LogP contribution >= 0.6 is 0 Å². The maximum atomic E-state index is 10.6. The van der Waals surface area contributed by atoms with Crippen LogP contribution in [0.5, 0.6) is 0 Å². The molecule has 0 amide bonds. The minimum absolute atomic E-state index is 0.0555. The third-order valence-corrected chi connectivity index (χ3v) is 1.56. The fourth-order valence-corrected chi connectivity index (χ4v) is 0.834. The lowest BCUT2D eigenvalue weighted by molar-refractivity contribution is -0.141. The molecule has 0 aliphatic rings. The SMILES string of the molecule is N[C@H](C(=O)O)C(O)c1c[nH]c(=O)[nH]1. The molecule has 1 aromatic heterocycles. The number of nitrogens with two attached hydrogens (primary N) is 1. The normalized spacial score (nSPS) is 15.2. The fraction of sp³-hybridized carbons (Fsp3) is 0.333. The highest BCUT2D eigenvalue weighted by Gasteiger charge is 2.24. The molecule has 0 saturated carbocycles. The van der Waals surface area contributed by atoms with Gasteiger partial charge in [0.15, 0.2) is 0 Å². The number of carboxylic acid groups (broad SMARTS) is 1. The van der Waals surface area contributed by atoms with Crippen LogP contribution in [0, 0.1) is 0 Å². The number of hydrogen-bond donors (Lipinski definition) is 5. The van der Waals surface area contributed by atoms with E-state index in [1.807, 2.05) is 0 Å². The van der Waals surface area contributed by atoms with Crippen molar-refractivity contribution in [1.29, 1.82) is 0 Å². The summed E-state index contributed by atoms with van der Waals surface area (Å²) in [6, 6.07) is -1.45. The summed E-state index contributed by atoms with van der Waals surface area (Å²) >= 11 is 0. The van der Waals surface area contributed by atoms with Crippen molar-refractivity contribution in [2.45, 2.75) is 12.1 Å². The number of aromatic nitrogens is 2. The van der Waals surface area contributed by atoms with Gasteiger partial charge in [-0.3, -0.25) is 4.79 Å². The largest absolute Gasteiger partial charge is 0.480 e. The minimum Gasteiger partial charge on any atom is -0.480 e. The average Bonchev–Trinajstić information content (AvgIpc) is 2.49. The number of imidazole rings is 1. The number of carboxylic acids is 1. The lowest BCUT2D eigenvalue weighted by Gasteiger charge is -2.11. The van der Waals surface area contributed by atoms with Gasteiger partial charge in [0, 0.05) is 6.20 Å². The molecule has 1 rings (SSSR count). The van der Waals surface area contributed by atoms with Gasteiger partial charge in [-0.25, -0.2) is 4.79 Å². The summed E-state index contributed by atoms with van der Waals surface area (Å²) < 4.78 is 0. The summed E-state index contributed by atoms with van der Waals surface area (Å²) in [5.41, 5.74) is 4.65. The number of aliphatic hydroxyl groups is 1. The fourth-order valence-electron chi connectivity index (χ4n) is 0.834. The Labute approximate surface area is 72.2 Å². The Morgan fingerprint density at radius 3 is 2.62 bits per heavy atom. The van der Waals surface area contributed by atoms with E-state index in [4.69, 9.17) is 10.8 Å². The maximum absolute atomic E-state index is 10.6. The molecule has 0 aliphatic heterocycles. The van der Waals surface area contributed by atoms with E-state index in [0.29, 0.717) is 0 Å². The molecule has 6 N–H and O–H groups in total. The highest BCUT2D eigenvalue weighted by Crippen LogP contribution is 2.10. The van der Waals surface area contributed by atoms with Crippen LogP contribution in [0.15, 0.2) is 11.0 Å². The first-order valence-electron chi connectivity index (χ1n) is 3.46. The van der Waals surface area contributed by atoms with Gasteiger partial charge in [0.05, 0.1) is 5.69 Å². The average molecular weight is 187 g/mol. The van der Waals surface area contributed by atoms with Crippen LogP contribution < -0.4 is 11.4 Å². The van der Waals surface area contributed by atoms with E-state index in [-0.39, 0.29) is 5.69 Å². The molecule has 0 aromatic carbocycles. The first-order chi connectivity index (χ1) is 6.02. The van der Waals surface area contributed by atoms with Gasteiger partial charge in [-0.2, -0.15) is 0 Å². The molecule has 0 aliphatic carbocycles. The maximum Gasteiger partial charge on any atom is 0.323 e. The number of nitrogens with one attached hydrogen (secondary N) is 2. The van der Waals surface area contributed by atoms with Crippen molar-refractivity contribution >= 4 is 5.97 Å². The van der Waals surface area contributed by atoms with Gasteiger partial charge >= 0.3 is 11.7 Å². The molecule has 72 valence electrons. The Hall–Kier alpha value is -1.60. The van der Waals surface area contributed by atoms with E-state index in [9.17, 15) is 14.7 Å². The number of aliphatic hydroxyl groups excluding tert-OH is 1. The van der Waals surface area contributed by atoms with E-state index in [0.717, 1.165) is 0 Å². The van der Waals surface area contributed by atoms with E-state index in [2.05, 4.69) is 9.97 Å². The predicted molar refractivity (Wildman–Crippen MR) is 42.0 cm³/mol. The van der Waals surface area contributed by atoms with Crippen molar-refractivity contribution in [1.82, 2.24) is 9.97 Å². The highest BCUT2D eigenvalue weighted by molar-refractivity contribution is 5.74. The van der Waals surface area contributed by atoms with Crippen LogP contribution in [0.1, 0.15) is 11.8 Å². The van der Waals surface area contributed by atoms with Gasteiger partial charge in [0.1, 0.15) is 12.1 Å². The van der Waals surface area contributed by atoms with Crippen molar-refractivity contribution in [2.75, 3.05) is 0 Å². The standard InChI is InChI=1S/C6H9N3O4/c7-3(5(11)12)4(10)2-1-8-6(13)9-2/h1,3-4,10H,7H2,(H,11,12)(H2,8,9,13)/t3-,4?/m0/s1. The van der Waals surface area contributed by atoms with Gasteiger partial charge < -0.3 is 25.9 Å². The summed E-state index contributed by atoms with van der Waals surface area (Å²) in [6.07, 6.45) is -0.244. The lowest BCUT2D eigenvalue weighted by atomic mass is 10.1. The van der Waals surface area contributed by atoms with Crippen molar-refractivity contribution in [2.24, 2.45) is 5.73 Å². The monoisotopic (exact) mass is 187 g/mol. The number of aromatic amines is 2. The van der Waals surface area contributed by atoms with E-state index in [1.54, 1.807) is 0 Å². The number of H-pyrrole nitrogens is 2. The zero-order valence-corrected chi connectivity index (χ0v) is 6.52. The molecule has 1 heterocycles. The van der Waals surface area contributed by atoms with Crippen LogP contribution in [-0.2, 0) is 4.79 Å². The van der Waals surface area contributed by atoms with Crippen LogP contribution in [0.4, 0.5) is 0 Å².